The molecule has 0 aliphatic rings. The number of nitrogens with zero attached hydrogens (tertiary/aromatic N) is 5. The van der Waals surface area contributed by atoms with Crippen molar-refractivity contribution < 1.29 is 4.39 Å². The van der Waals surface area contributed by atoms with E-state index in [1.54, 1.807) is 16.8 Å². The molecule has 5 rings (SSSR count). The Balaban J connectivity index is 1.39. The molecule has 36 heavy (non-hydrogen) atoms. The number of pyridine rings is 1. The molecule has 0 aliphatic heterocycles. The van der Waals surface area contributed by atoms with Gasteiger partial charge in [0.05, 0.1) is 13.1 Å². The Labute approximate surface area is 208 Å². The molecule has 2 aromatic heterocycles. The summed E-state index contributed by atoms with van der Waals surface area (Å²) in [5.41, 5.74) is 4.66. The molecule has 2 heterocycles. The zero-order valence-corrected chi connectivity index (χ0v) is 20.1. The third kappa shape index (κ3) is 5.72. The molecule has 0 saturated carbocycles. The third-order valence-electron chi connectivity index (χ3n) is 6.25. The summed E-state index contributed by atoms with van der Waals surface area (Å²) in [5.74, 6) is 0.402. The van der Waals surface area contributed by atoms with Crippen LogP contribution in [0.1, 0.15) is 28.1 Å². The maximum absolute atomic E-state index is 13.3. The largest absolute Gasteiger partial charge is 0.322 e. The minimum atomic E-state index is -0.279. The first-order valence-corrected chi connectivity index (χ1v) is 11.9. The number of fused-ring (bicyclic) bond motifs is 1. The Hall–Kier alpha value is -4.17. The molecule has 182 valence electrons. The standard InChI is InChI=1S/C28H27FN6O/c1-20-7-10-23-16-24(28(36)30-26(23)15-20)18-34(14-13-21-5-3-2-4-6-21)19-27-31-32-33-35(27)17-22-8-11-25(29)12-9-22/h2-12,15-16H,13-14,17-19H2,1H3,(H,30,36). The minimum absolute atomic E-state index is 0.0938. The Kier molecular flexibility index (Phi) is 6.95. The number of tetrazole rings is 1. The van der Waals surface area contributed by atoms with Crippen LogP contribution in [0.4, 0.5) is 4.39 Å². The summed E-state index contributed by atoms with van der Waals surface area (Å²) in [6, 6.07) is 24.6. The predicted molar refractivity (Wildman–Crippen MR) is 137 cm³/mol. The van der Waals surface area contributed by atoms with E-state index in [0.29, 0.717) is 31.0 Å². The van der Waals surface area contributed by atoms with Gasteiger partial charge < -0.3 is 4.98 Å². The van der Waals surface area contributed by atoms with Crippen LogP contribution in [-0.2, 0) is 26.1 Å². The van der Waals surface area contributed by atoms with Crippen LogP contribution < -0.4 is 5.56 Å². The van der Waals surface area contributed by atoms with Crippen LogP contribution in [0.15, 0.2) is 83.7 Å². The molecule has 5 aromatic rings. The lowest BCUT2D eigenvalue weighted by Crippen LogP contribution is -2.30. The number of nitrogens with one attached hydrogen (secondary N) is 1. The third-order valence-corrected chi connectivity index (χ3v) is 6.25. The Morgan fingerprint density at radius 3 is 2.56 bits per heavy atom. The van der Waals surface area contributed by atoms with E-state index in [2.05, 4.69) is 37.5 Å². The van der Waals surface area contributed by atoms with Crippen molar-refractivity contribution in [2.24, 2.45) is 0 Å². The molecule has 0 aliphatic carbocycles. The van der Waals surface area contributed by atoms with E-state index < -0.39 is 0 Å². The fourth-order valence-corrected chi connectivity index (χ4v) is 4.29. The highest BCUT2D eigenvalue weighted by Gasteiger charge is 2.16. The number of benzene rings is 3. The smallest absolute Gasteiger partial charge is 0.252 e. The highest BCUT2D eigenvalue weighted by Crippen LogP contribution is 2.16. The van der Waals surface area contributed by atoms with E-state index in [1.165, 1.54) is 17.7 Å². The van der Waals surface area contributed by atoms with Crippen LogP contribution in [0, 0.1) is 12.7 Å². The van der Waals surface area contributed by atoms with Gasteiger partial charge in [0.15, 0.2) is 5.82 Å². The molecule has 0 unspecified atom stereocenters. The van der Waals surface area contributed by atoms with Crippen molar-refractivity contribution in [3.05, 3.63) is 123 Å². The molecule has 0 spiro atoms. The molecule has 0 amide bonds. The zero-order chi connectivity index (χ0) is 24.9. The molecule has 0 atom stereocenters. The van der Waals surface area contributed by atoms with Crippen molar-refractivity contribution in [3.8, 4) is 0 Å². The van der Waals surface area contributed by atoms with Crippen molar-refractivity contribution in [3.63, 3.8) is 0 Å². The van der Waals surface area contributed by atoms with Gasteiger partial charge in [-0.15, -0.1) is 5.10 Å². The lowest BCUT2D eigenvalue weighted by Gasteiger charge is -2.22. The molecular weight excluding hydrogens is 455 g/mol. The van der Waals surface area contributed by atoms with Crippen LogP contribution >= 0.6 is 0 Å². The second-order valence-electron chi connectivity index (χ2n) is 9.04. The second kappa shape index (κ2) is 10.6. The first kappa shape index (κ1) is 23.6. The van der Waals surface area contributed by atoms with Gasteiger partial charge in [-0.1, -0.05) is 54.6 Å². The molecule has 0 radical (unpaired) electrons. The lowest BCUT2D eigenvalue weighted by molar-refractivity contribution is 0.248. The monoisotopic (exact) mass is 482 g/mol. The fraction of sp³-hybridized carbons (Fsp3) is 0.214. The van der Waals surface area contributed by atoms with Gasteiger partial charge >= 0.3 is 0 Å². The number of rotatable bonds is 9. The van der Waals surface area contributed by atoms with Crippen molar-refractivity contribution in [1.82, 2.24) is 30.1 Å². The number of aromatic nitrogens is 5. The summed E-state index contributed by atoms with van der Waals surface area (Å²) >= 11 is 0. The fourth-order valence-electron chi connectivity index (χ4n) is 4.29. The highest BCUT2D eigenvalue weighted by atomic mass is 19.1. The summed E-state index contributed by atoms with van der Waals surface area (Å²) in [6.07, 6.45) is 0.824. The second-order valence-corrected chi connectivity index (χ2v) is 9.04. The molecule has 0 bridgehead atoms. The van der Waals surface area contributed by atoms with Gasteiger partial charge in [0.1, 0.15) is 5.82 Å². The molecule has 8 heteroatoms. The van der Waals surface area contributed by atoms with Gasteiger partial charge in [-0.05, 0) is 70.1 Å². The number of hydrogen-bond donors (Lipinski definition) is 1. The van der Waals surface area contributed by atoms with E-state index in [9.17, 15) is 9.18 Å². The first-order valence-electron chi connectivity index (χ1n) is 11.9. The van der Waals surface area contributed by atoms with E-state index in [1.807, 2.05) is 49.4 Å². The van der Waals surface area contributed by atoms with Gasteiger partial charge in [-0.3, -0.25) is 9.69 Å². The Bertz CT molecular complexity index is 1510. The van der Waals surface area contributed by atoms with Gasteiger partial charge in [0, 0.05) is 24.2 Å². The normalized spacial score (nSPS) is 11.4. The maximum Gasteiger partial charge on any atom is 0.252 e. The Morgan fingerprint density at radius 2 is 1.75 bits per heavy atom. The summed E-state index contributed by atoms with van der Waals surface area (Å²) in [4.78, 5) is 18.1. The number of halogens is 1. The van der Waals surface area contributed by atoms with Gasteiger partial charge in [0.25, 0.3) is 5.56 Å². The SMILES string of the molecule is Cc1ccc2cc(CN(CCc3ccccc3)Cc3nnnn3Cc3ccc(F)cc3)c(=O)[nH]c2c1. The molecule has 0 saturated heterocycles. The van der Waals surface area contributed by atoms with Crippen molar-refractivity contribution in [1.29, 1.82) is 0 Å². The van der Waals surface area contributed by atoms with Crippen molar-refractivity contribution in [2.75, 3.05) is 6.54 Å². The average Bonchev–Trinajstić information content (AvgIpc) is 3.31. The van der Waals surface area contributed by atoms with E-state index in [-0.39, 0.29) is 11.4 Å². The quantitative estimate of drug-likeness (QED) is 0.340. The van der Waals surface area contributed by atoms with E-state index >= 15 is 0 Å². The maximum atomic E-state index is 13.3. The number of aryl methyl sites for hydroxylation is 1. The molecule has 0 fully saturated rings. The van der Waals surface area contributed by atoms with E-state index in [0.717, 1.165) is 35.0 Å². The number of hydrogen-bond acceptors (Lipinski definition) is 5. The number of H-pyrrole nitrogens is 1. The summed E-state index contributed by atoms with van der Waals surface area (Å²) in [7, 11) is 0. The summed E-state index contributed by atoms with van der Waals surface area (Å²) in [6.45, 7) is 4.08. The Morgan fingerprint density at radius 1 is 0.944 bits per heavy atom. The zero-order valence-electron chi connectivity index (χ0n) is 20.1. The van der Waals surface area contributed by atoms with Crippen LogP contribution in [0.25, 0.3) is 10.9 Å². The molecular formula is C28H27FN6O. The van der Waals surface area contributed by atoms with Gasteiger partial charge in [0.2, 0.25) is 0 Å². The number of aromatic amines is 1. The first-order chi connectivity index (χ1) is 17.5. The van der Waals surface area contributed by atoms with E-state index in [4.69, 9.17) is 0 Å². The summed E-state index contributed by atoms with van der Waals surface area (Å²) in [5, 5.41) is 13.3. The molecule has 7 nitrogen and oxygen atoms in total. The van der Waals surface area contributed by atoms with Crippen molar-refractivity contribution >= 4 is 10.9 Å². The van der Waals surface area contributed by atoms with Crippen molar-refractivity contribution in [2.45, 2.75) is 33.0 Å². The van der Waals surface area contributed by atoms with Gasteiger partial charge in [-0.25, -0.2) is 9.07 Å². The molecule has 3 aromatic carbocycles. The predicted octanol–water partition coefficient (Wildman–Crippen LogP) is 4.26. The van der Waals surface area contributed by atoms with Crippen LogP contribution in [-0.4, -0.2) is 36.6 Å². The van der Waals surface area contributed by atoms with Crippen LogP contribution in [0.2, 0.25) is 0 Å². The average molecular weight is 483 g/mol. The summed E-state index contributed by atoms with van der Waals surface area (Å²) < 4.78 is 15.0. The van der Waals surface area contributed by atoms with Crippen LogP contribution in [0.3, 0.4) is 0 Å². The minimum Gasteiger partial charge on any atom is -0.322 e. The lowest BCUT2D eigenvalue weighted by atomic mass is 10.1. The molecule has 1 N–H and O–H groups in total. The van der Waals surface area contributed by atoms with Gasteiger partial charge in [-0.2, -0.15) is 0 Å². The highest BCUT2D eigenvalue weighted by molar-refractivity contribution is 5.79. The topological polar surface area (TPSA) is 79.7 Å². The van der Waals surface area contributed by atoms with Crippen LogP contribution in [0.5, 0.6) is 0 Å².